The van der Waals surface area contributed by atoms with Gasteiger partial charge in [-0.1, -0.05) is 123 Å². The monoisotopic (exact) mass is 702 g/mol. The Morgan fingerprint density at radius 1 is 0.569 bits per heavy atom. The number of hydrogen-bond donors (Lipinski definition) is 0. The number of carbonyl (C=O) groups is 5. The van der Waals surface area contributed by atoms with Crippen molar-refractivity contribution in [3.63, 3.8) is 0 Å². The molecule has 0 bridgehead atoms. The Hall–Kier alpha value is -5.35. The molecule has 2 atom stereocenters. The molecular formula is C41H46N4O5Si. The normalized spacial score (nSPS) is 13.7. The maximum atomic E-state index is 14.8. The minimum atomic E-state index is -1.78. The molecule has 51 heavy (non-hydrogen) atoms. The average Bonchev–Trinajstić information content (AvgIpc) is 3.36. The third-order valence-electron chi connectivity index (χ3n) is 9.01. The van der Waals surface area contributed by atoms with Crippen molar-refractivity contribution in [2.45, 2.75) is 65.2 Å². The van der Waals surface area contributed by atoms with Crippen LogP contribution < -0.4 is 0 Å². The number of nitrogens with zero attached hydrogens (tertiary/aromatic N) is 4. The fourth-order valence-corrected chi connectivity index (χ4v) is 7.79. The number of imide groups is 1. The van der Waals surface area contributed by atoms with E-state index in [1.165, 1.54) is 4.90 Å². The molecule has 1 aliphatic heterocycles. The molecule has 10 heteroatoms. The van der Waals surface area contributed by atoms with Gasteiger partial charge in [0.2, 0.25) is 17.7 Å². The molecule has 4 aromatic rings. The molecule has 0 radical (unpaired) electrons. The summed E-state index contributed by atoms with van der Waals surface area (Å²) in [5.41, 5.74) is 3.10. The smallest absolute Gasteiger partial charge is 0.262 e. The molecule has 0 unspecified atom stereocenters. The molecule has 1 aliphatic rings. The zero-order chi connectivity index (χ0) is 36.7. The van der Waals surface area contributed by atoms with Crippen LogP contribution in [0.1, 0.15) is 51.3 Å². The largest absolute Gasteiger partial charge is 0.340 e. The van der Waals surface area contributed by atoms with Crippen molar-refractivity contribution < 1.29 is 24.0 Å². The number of fused-ring (bicyclic) bond motifs is 1. The second-order valence-electron chi connectivity index (χ2n) is 14.3. The van der Waals surface area contributed by atoms with Gasteiger partial charge in [-0.3, -0.25) is 28.9 Å². The summed E-state index contributed by atoms with van der Waals surface area (Å²) in [6.45, 7) is 10.1. The highest BCUT2D eigenvalue weighted by Crippen LogP contribution is 2.24. The van der Waals surface area contributed by atoms with Gasteiger partial charge in [0.25, 0.3) is 11.8 Å². The summed E-state index contributed by atoms with van der Waals surface area (Å²) in [5.74, 6) is -2.25. The van der Waals surface area contributed by atoms with Crippen molar-refractivity contribution in [1.29, 1.82) is 0 Å². The molecule has 0 spiro atoms. The van der Waals surface area contributed by atoms with E-state index in [9.17, 15) is 24.0 Å². The van der Waals surface area contributed by atoms with Crippen LogP contribution in [-0.2, 0) is 34.0 Å². The number of amides is 5. The van der Waals surface area contributed by atoms with E-state index in [-0.39, 0.29) is 30.1 Å². The summed E-state index contributed by atoms with van der Waals surface area (Å²) in [4.78, 5) is 75.6. The SMILES string of the molecule is C[C@@H](C(=O)N(Cc1ccccc1)[C@@H](C)C(=O)N(Cc1ccccc1)C[Si](C)(C)C)N(Cc1ccccc1)C(=O)CN1C(=O)c2ccccc2C1=O. The third kappa shape index (κ3) is 9.06. The summed E-state index contributed by atoms with van der Waals surface area (Å²) in [5, 5.41) is 0. The van der Waals surface area contributed by atoms with Gasteiger partial charge in [-0.25, -0.2) is 0 Å². The molecule has 4 aromatic carbocycles. The van der Waals surface area contributed by atoms with E-state index < -0.39 is 50.3 Å². The molecule has 5 amide bonds. The van der Waals surface area contributed by atoms with E-state index in [4.69, 9.17) is 0 Å². The quantitative estimate of drug-likeness (QED) is 0.118. The van der Waals surface area contributed by atoms with Crippen LogP contribution in [0.3, 0.4) is 0 Å². The first kappa shape index (κ1) is 36.9. The number of rotatable bonds is 14. The fraction of sp³-hybridized carbons (Fsp3) is 0.293. The Balaban J connectivity index is 1.46. The van der Waals surface area contributed by atoms with E-state index in [2.05, 4.69) is 19.6 Å². The van der Waals surface area contributed by atoms with Gasteiger partial charge < -0.3 is 14.7 Å². The van der Waals surface area contributed by atoms with Crippen LogP contribution in [0.25, 0.3) is 0 Å². The summed E-state index contributed by atoms with van der Waals surface area (Å²) < 4.78 is 0. The number of carbonyl (C=O) groups excluding carboxylic acids is 5. The molecule has 0 aliphatic carbocycles. The van der Waals surface area contributed by atoms with Crippen LogP contribution in [0.2, 0.25) is 19.6 Å². The maximum Gasteiger partial charge on any atom is 0.262 e. The van der Waals surface area contributed by atoms with E-state index >= 15 is 0 Å². The Labute approximate surface area is 301 Å². The lowest BCUT2D eigenvalue weighted by molar-refractivity contribution is -0.152. The lowest BCUT2D eigenvalue weighted by Crippen LogP contribution is -2.57. The predicted molar refractivity (Wildman–Crippen MR) is 200 cm³/mol. The van der Waals surface area contributed by atoms with E-state index in [0.29, 0.717) is 12.7 Å². The van der Waals surface area contributed by atoms with Crippen molar-refractivity contribution >= 4 is 37.6 Å². The lowest BCUT2D eigenvalue weighted by Gasteiger charge is -2.38. The number of hydrogen-bond acceptors (Lipinski definition) is 5. The second kappa shape index (κ2) is 16.1. The maximum absolute atomic E-state index is 14.8. The minimum Gasteiger partial charge on any atom is -0.340 e. The van der Waals surface area contributed by atoms with Gasteiger partial charge in [0.05, 0.1) is 19.2 Å². The van der Waals surface area contributed by atoms with E-state index in [1.807, 2.05) is 95.9 Å². The molecule has 264 valence electrons. The van der Waals surface area contributed by atoms with Gasteiger partial charge in [0.1, 0.15) is 18.6 Å². The summed E-state index contributed by atoms with van der Waals surface area (Å²) in [6.07, 6.45) is 0.604. The van der Waals surface area contributed by atoms with Gasteiger partial charge in [-0.05, 0) is 42.7 Å². The van der Waals surface area contributed by atoms with Gasteiger partial charge in [-0.15, -0.1) is 0 Å². The summed E-state index contributed by atoms with van der Waals surface area (Å²) in [6, 6.07) is 33.1. The molecule has 0 aromatic heterocycles. The predicted octanol–water partition coefficient (Wildman–Crippen LogP) is 6.02. The van der Waals surface area contributed by atoms with Crippen molar-refractivity contribution in [2.24, 2.45) is 0 Å². The highest BCUT2D eigenvalue weighted by Gasteiger charge is 2.40. The first-order valence-electron chi connectivity index (χ1n) is 17.3. The van der Waals surface area contributed by atoms with Crippen molar-refractivity contribution in [3.8, 4) is 0 Å². The van der Waals surface area contributed by atoms with Gasteiger partial charge in [-0.2, -0.15) is 0 Å². The third-order valence-corrected chi connectivity index (χ3v) is 10.3. The highest BCUT2D eigenvalue weighted by atomic mass is 28.3. The van der Waals surface area contributed by atoms with Crippen LogP contribution in [-0.4, -0.2) is 82.0 Å². The van der Waals surface area contributed by atoms with Crippen molar-refractivity contribution in [1.82, 2.24) is 19.6 Å². The average molecular weight is 703 g/mol. The zero-order valence-corrected chi connectivity index (χ0v) is 31.0. The first-order valence-corrected chi connectivity index (χ1v) is 21.0. The summed E-state index contributed by atoms with van der Waals surface area (Å²) in [7, 11) is -1.78. The Bertz CT molecular complexity index is 1830. The second-order valence-corrected chi connectivity index (χ2v) is 19.7. The summed E-state index contributed by atoms with van der Waals surface area (Å²) >= 11 is 0. The molecular weight excluding hydrogens is 657 g/mol. The number of benzene rings is 4. The Morgan fingerprint density at radius 3 is 1.41 bits per heavy atom. The van der Waals surface area contributed by atoms with Gasteiger partial charge >= 0.3 is 0 Å². The Kier molecular flexibility index (Phi) is 11.7. The topological polar surface area (TPSA) is 98.3 Å². The van der Waals surface area contributed by atoms with Gasteiger partial charge in [0.15, 0.2) is 0 Å². The zero-order valence-electron chi connectivity index (χ0n) is 30.0. The van der Waals surface area contributed by atoms with Crippen LogP contribution in [0.4, 0.5) is 0 Å². The van der Waals surface area contributed by atoms with E-state index in [1.54, 1.807) is 43.0 Å². The molecule has 1 heterocycles. The highest BCUT2D eigenvalue weighted by molar-refractivity contribution is 6.76. The van der Waals surface area contributed by atoms with Gasteiger partial charge in [0, 0.05) is 25.8 Å². The van der Waals surface area contributed by atoms with E-state index in [0.717, 1.165) is 21.6 Å². The standard InChI is InChI=1S/C41H46N4O5Si/c1-30(38(47)42(29-51(3,4)5)25-32-17-9-6-10-18-32)44(27-34-21-13-8-14-22-34)39(48)31(2)43(26-33-19-11-7-12-20-33)37(46)28-45-40(49)35-23-15-16-24-36(35)41(45)50/h6-24,30-31H,25-29H2,1-5H3/t30-,31-/m0/s1. The molecule has 5 rings (SSSR count). The minimum absolute atomic E-state index is 0.0625. The van der Waals surface area contributed by atoms with Crippen molar-refractivity contribution in [2.75, 3.05) is 12.7 Å². The van der Waals surface area contributed by atoms with Crippen molar-refractivity contribution in [3.05, 3.63) is 143 Å². The molecule has 0 saturated heterocycles. The molecule has 0 N–H and O–H groups in total. The van der Waals surface area contributed by atoms with Crippen LogP contribution in [0.5, 0.6) is 0 Å². The molecule has 0 saturated carbocycles. The molecule has 0 fully saturated rings. The van der Waals surface area contributed by atoms with Crippen LogP contribution in [0.15, 0.2) is 115 Å². The first-order chi connectivity index (χ1) is 24.3. The van der Waals surface area contributed by atoms with Crippen LogP contribution in [0, 0.1) is 0 Å². The fourth-order valence-electron chi connectivity index (χ4n) is 6.37. The lowest BCUT2D eigenvalue weighted by atomic mass is 10.1. The van der Waals surface area contributed by atoms with Crippen LogP contribution >= 0.6 is 0 Å². The Morgan fingerprint density at radius 2 is 0.961 bits per heavy atom. The molecule has 9 nitrogen and oxygen atoms in total.